The Morgan fingerprint density at radius 1 is 1.03 bits per heavy atom. The normalized spacial score (nSPS) is 20.2. The van der Waals surface area contributed by atoms with E-state index in [0.29, 0.717) is 70.4 Å². The summed E-state index contributed by atoms with van der Waals surface area (Å²) in [6.45, 7) is 8.29. The zero-order valence-electron chi connectivity index (χ0n) is 22.2. The van der Waals surface area contributed by atoms with E-state index < -0.39 is 21.2 Å². The third-order valence-corrected chi connectivity index (χ3v) is 9.76. The van der Waals surface area contributed by atoms with Gasteiger partial charge in [-0.25, -0.2) is 12.4 Å². The summed E-state index contributed by atoms with van der Waals surface area (Å²) in [5.41, 5.74) is 8.85. The molecule has 2 aromatic carbocycles. The minimum absolute atomic E-state index is 0.0756. The van der Waals surface area contributed by atoms with Crippen LogP contribution in [0.4, 0.5) is 0 Å². The summed E-state index contributed by atoms with van der Waals surface area (Å²) in [7, 11) is -3.87. The first-order valence-electron chi connectivity index (χ1n) is 13.0. The fourth-order valence-electron chi connectivity index (χ4n) is 5.77. The molecule has 4 aromatic rings. The monoisotopic (exact) mass is 550 g/mol. The molecule has 6 rings (SSSR count). The Balaban J connectivity index is 1.64. The molecule has 3 heterocycles. The molecule has 2 aromatic heterocycles. The van der Waals surface area contributed by atoms with Crippen LogP contribution in [0, 0.1) is 13.8 Å². The molecule has 2 aliphatic rings. The maximum Gasteiger partial charge on any atom is 0.254 e. The van der Waals surface area contributed by atoms with Gasteiger partial charge in [0.2, 0.25) is 10.0 Å². The van der Waals surface area contributed by atoms with E-state index in [-0.39, 0.29) is 29.2 Å². The number of primary amides is 1. The molecule has 2 N–H and O–H groups in total. The zero-order valence-corrected chi connectivity index (χ0v) is 23.0. The molecule has 1 saturated carbocycles. The summed E-state index contributed by atoms with van der Waals surface area (Å²) in [5, 5.41) is 4.62. The lowest BCUT2D eigenvalue weighted by molar-refractivity contribution is -0.0586. The van der Waals surface area contributed by atoms with Crippen LogP contribution in [0.15, 0.2) is 34.9 Å². The molecule has 2 amide bonds. The fourth-order valence-corrected chi connectivity index (χ4v) is 7.68. The van der Waals surface area contributed by atoms with E-state index in [0.717, 1.165) is 0 Å². The van der Waals surface area contributed by atoms with Crippen LogP contribution in [0.5, 0.6) is 0 Å². The molecule has 2 fully saturated rings. The van der Waals surface area contributed by atoms with Gasteiger partial charge in [0, 0.05) is 35.0 Å². The third kappa shape index (κ3) is 4.11. The number of aryl methyl sites for hydroxylation is 2. The lowest BCUT2D eigenvalue weighted by atomic mass is 9.97. The standard InChI is InChI=1S/C28H30N4O6S/c1-14-12-31(13-15(2)37-14)28(34)18-5-8-21-22-9-19(25-16(3)30-38-17(25)4)10-23(27(29)33)26(22)32(24(21)11-18)39(35,36)20-6-7-20/h5,8-11,14-15,20H,6-7,12-13H2,1-4H3,(H2,29,33)/t14-,15+. The van der Waals surface area contributed by atoms with Crippen LogP contribution < -0.4 is 5.73 Å². The van der Waals surface area contributed by atoms with Crippen LogP contribution in [0.25, 0.3) is 32.9 Å². The minimum Gasteiger partial charge on any atom is -0.372 e. The Labute approximate surface area is 225 Å². The van der Waals surface area contributed by atoms with Gasteiger partial charge in [0.25, 0.3) is 11.8 Å². The largest absolute Gasteiger partial charge is 0.372 e. The van der Waals surface area contributed by atoms with Gasteiger partial charge in [-0.2, -0.15) is 0 Å². The third-order valence-electron chi connectivity index (χ3n) is 7.56. The Morgan fingerprint density at radius 3 is 2.31 bits per heavy atom. The van der Waals surface area contributed by atoms with Gasteiger partial charge in [0.05, 0.1) is 39.7 Å². The van der Waals surface area contributed by atoms with Gasteiger partial charge in [0.15, 0.2) is 0 Å². The molecule has 39 heavy (non-hydrogen) atoms. The molecule has 1 saturated heterocycles. The van der Waals surface area contributed by atoms with Gasteiger partial charge in [-0.15, -0.1) is 0 Å². The van der Waals surface area contributed by atoms with E-state index in [1.54, 1.807) is 43.0 Å². The number of aromatic nitrogens is 2. The van der Waals surface area contributed by atoms with Crippen molar-refractivity contribution in [3.63, 3.8) is 0 Å². The number of hydrogen-bond donors (Lipinski definition) is 1. The summed E-state index contributed by atoms with van der Waals surface area (Å²) in [6.07, 6.45) is 0.858. The quantitative estimate of drug-likeness (QED) is 0.399. The lowest BCUT2D eigenvalue weighted by Gasteiger charge is -2.35. The number of carbonyl (C=O) groups is 2. The van der Waals surface area contributed by atoms with Crippen molar-refractivity contribution < 1.29 is 27.3 Å². The second kappa shape index (κ2) is 8.92. The number of benzene rings is 2. The van der Waals surface area contributed by atoms with Gasteiger partial charge < -0.3 is 19.9 Å². The fraction of sp³-hybridized carbons (Fsp3) is 0.393. The highest BCUT2D eigenvalue weighted by atomic mass is 32.2. The summed E-state index contributed by atoms with van der Waals surface area (Å²) >= 11 is 0. The summed E-state index contributed by atoms with van der Waals surface area (Å²) in [4.78, 5) is 28.1. The molecule has 10 nitrogen and oxygen atoms in total. The predicted molar refractivity (Wildman–Crippen MR) is 146 cm³/mol. The molecule has 0 radical (unpaired) electrons. The number of carbonyl (C=O) groups excluding carboxylic acids is 2. The van der Waals surface area contributed by atoms with Crippen LogP contribution in [-0.4, -0.2) is 64.8 Å². The first-order valence-corrected chi connectivity index (χ1v) is 14.5. The van der Waals surface area contributed by atoms with Crippen molar-refractivity contribution in [1.82, 2.24) is 14.0 Å². The molecule has 1 aliphatic carbocycles. The van der Waals surface area contributed by atoms with E-state index in [4.69, 9.17) is 15.0 Å². The topological polar surface area (TPSA) is 138 Å². The van der Waals surface area contributed by atoms with Crippen molar-refractivity contribution in [3.8, 4) is 11.1 Å². The van der Waals surface area contributed by atoms with Crippen LogP contribution in [0.1, 0.15) is 58.9 Å². The number of rotatable bonds is 5. The maximum atomic E-state index is 13.8. The molecular formula is C28H30N4O6S. The second-order valence-corrected chi connectivity index (χ2v) is 12.8. The minimum atomic E-state index is -3.87. The molecule has 0 bridgehead atoms. The van der Waals surface area contributed by atoms with E-state index in [1.165, 1.54) is 3.97 Å². The number of nitrogens with two attached hydrogens (primary N) is 1. The number of nitrogens with zero attached hydrogens (tertiary/aromatic N) is 3. The SMILES string of the molecule is Cc1noc(C)c1-c1cc(C(N)=O)c2c(c1)c1ccc(C(=O)N3C[C@@H](C)O[C@@H](C)C3)cc1n2S(=O)(=O)C1CC1. The van der Waals surface area contributed by atoms with Gasteiger partial charge >= 0.3 is 0 Å². The average molecular weight is 551 g/mol. The van der Waals surface area contributed by atoms with Crippen LogP contribution in [0.2, 0.25) is 0 Å². The summed E-state index contributed by atoms with van der Waals surface area (Å²) in [5.74, 6) is -0.388. The number of ether oxygens (including phenoxy) is 1. The highest BCUT2D eigenvalue weighted by Gasteiger charge is 2.40. The van der Waals surface area contributed by atoms with Crippen LogP contribution in [-0.2, 0) is 14.8 Å². The van der Waals surface area contributed by atoms with Gasteiger partial charge in [0.1, 0.15) is 5.76 Å². The van der Waals surface area contributed by atoms with E-state index in [9.17, 15) is 18.0 Å². The molecule has 11 heteroatoms. The van der Waals surface area contributed by atoms with Gasteiger partial charge in [-0.3, -0.25) is 9.59 Å². The molecule has 0 unspecified atom stereocenters. The predicted octanol–water partition coefficient (Wildman–Crippen LogP) is 3.75. The van der Waals surface area contributed by atoms with Crippen molar-refractivity contribution in [2.45, 2.75) is 58.0 Å². The molecule has 204 valence electrons. The number of amides is 2. The van der Waals surface area contributed by atoms with Crippen LogP contribution >= 0.6 is 0 Å². The Bertz CT molecular complexity index is 1750. The first-order chi connectivity index (χ1) is 18.5. The van der Waals surface area contributed by atoms with Crippen molar-refractivity contribution >= 4 is 43.6 Å². The molecular weight excluding hydrogens is 520 g/mol. The van der Waals surface area contributed by atoms with Crippen molar-refractivity contribution in [1.29, 1.82) is 0 Å². The second-order valence-electron chi connectivity index (χ2n) is 10.7. The van der Waals surface area contributed by atoms with Gasteiger partial charge in [-0.1, -0.05) is 11.2 Å². The van der Waals surface area contributed by atoms with Gasteiger partial charge in [-0.05, 0) is 70.4 Å². The number of fused-ring (bicyclic) bond motifs is 3. The van der Waals surface area contributed by atoms with Crippen molar-refractivity contribution in [3.05, 3.63) is 52.9 Å². The smallest absolute Gasteiger partial charge is 0.254 e. The molecule has 0 spiro atoms. The highest BCUT2D eigenvalue weighted by Crippen LogP contribution is 2.41. The van der Waals surface area contributed by atoms with Crippen LogP contribution in [0.3, 0.4) is 0 Å². The molecule has 1 aliphatic heterocycles. The lowest BCUT2D eigenvalue weighted by Crippen LogP contribution is -2.48. The summed E-state index contributed by atoms with van der Waals surface area (Å²) in [6, 6.07) is 8.50. The highest BCUT2D eigenvalue weighted by molar-refractivity contribution is 7.91. The Hall–Kier alpha value is -3.70. The van der Waals surface area contributed by atoms with E-state index in [2.05, 4.69) is 5.16 Å². The van der Waals surface area contributed by atoms with Crippen molar-refractivity contribution in [2.75, 3.05) is 13.1 Å². The number of hydrogen-bond acceptors (Lipinski definition) is 7. The Morgan fingerprint density at radius 2 is 1.72 bits per heavy atom. The van der Waals surface area contributed by atoms with E-state index >= 15 is 0 Å². The average Bonchev–Trinajstić information content (AvgIpc) is 3.62. The maximum absolute atomic E-state index is 13.8. The van der Waals surface area contributed by atoms with Crippen molar-refractivity contribution in [2.24, 2.45) is 5.73 Å². The number of morpholine rings is 1. The molecule has 2 atom stereocenters. The zero-order chi connectivity index (χ0) is 27.8. The summed E-state index contributed by atoms with van der Waals surface area (Å²) < 4.78 is 40.0. The van der Waals surface area contributed by atoms with E-state index in [1.807, 2.05) is 19.9 Å². The Kier molecular flexibility index (Phi) is 5.85. The first kappa shape index (κ1) is 25.6.